The summed E-state index contributed by atoms with van der Waals surface area (Å²) in [5, 5.41) is 7.25. The number of anilines is 1. The number of piperidine rings is 1. The molecule has 1 fully saturated rings. The monoisotopic (exact) mass is 502 g/mol. The lowest BCUT2D eigenvalue weighted by molar-refractivity contribution is 0.0206. The van der Waals surface area contributed by atoms with Gasteiger partial charge in [-0.2, -0.15) is 5.10 Å². The molecule has 1 aliphatic rings. The average molecular weight is 503 g/mol. The lowest BCUT2D eigenvalue weighted by atomic mass is 10.1. The van der Waals surface area contributed by atoms with Crippen LogP contribution in [0.3, 0.4) is 0 Å². The Morgan fingerprint density at radius 1 is 1.28 bits per heavy atom. The zero-order valence-electron chi connectivity index (χ0n) is 20.2. The minimum absolute atomic E-state index is 0.112. The van der Waals surface area contributed by atoms with Crippen LogP contribution in [0.15, 0.2) is 24.8 Å². The number of amides is 2. The summed E-state index contributed by atoms with van der Waals surface area (Å²) in [4.78, 5) is 39.5. The van der Waals surface area contributed by atoms with E-state index in [4.69, 9.17) is 10.5 Å². The van der Waals surface area contributed by atoms with Crippen molar-refractivity contribution < 1.29 is 23.1 Å². The van der Waals surface area contributed by atoms with E-state index in [1.54, 1.807) is 4.90 Å². The molecule has 0 aromatic carbocycles. The lowest BCUT2D eigenvalue weighted by Gasteiger charge is -2.34. The molecule has 192 valence electrons. The third-order valence-corrected chi connectivity index (χ3v) is 5.52. The van der Waals surface area contributed by atoms with E-state index in [1.807, 2.05) is 20.8 Å². The number of carbonyl (C=O) groups excluding carboxylic acids is 2. The minimum atomic E-state index is -2.57. The second kappa shape index (κ2) is 9.99. The first-order chi connectivity index (χ1) is 17.0. The molecule has 1 aliphatic heterocycles. The van der Waals surface area contributed by atoms with Gasteiger partial charge in [0.25, 0.3) is 12.3 Å². The molecule has 3 aromatic rings. The van der Waals surface area contributed by atoms with Crippen LogP contribution >= 0.6 is 0 Å². The minimum Gasteiger partial charge on any atom is -0.444 e. The first-order valence-electron chi connectivity index (χ1n) is 11.5. The molecule has 0 bridgehead atoms. The van der Waals surface area contributed by atoms with Gasteiger partial charge in [-0.05, 0) is 39.7 Å². The lowest BCUT2D eigenvalue weighted by Crippen LogP contribution is -2.47. The van der Waals surface area contributed by atoms with Crippen LogP contribution in [-0.4, -0.2) is 72.8 Å². The van der Waals surface area contributed by atoms with Gasteiger partial charge in [0.05, 0.1) is 17.5 Å². The maximum absolute atomic E-state index is 12.7. The normalized spacial score (nSPS) is 16.4. The second-order valence-corrected chi connectivity index (χ2v) is 9.59. The van der Waals surface area contributed by atoms with Crippen molar-refractivity contribution in [2.75, 3.05) is 18.4 Å². The number of halogens is 2. The highest BCUT2D eigenvalue weighted by atomic mass is 19.3. The van der Waals surface area contributed by atoms with Gasteiger partial charge in [0.15, 0.2) is 5.82 Å². The Labute approximate surface area is 206 Å². The number of primary amides is 1. The van der Waals surface area contributed by atoms with Crippen molar-refractivity contribution in [2.45, 2.75) is 58.2 Å². The van der Waals surface area contributed by atoms with E-state index in [0.717, 1.165) is 17.5 Å². The van der Waals surface area contributed by atoms with Crippen LogP contribution < -0.4 is 11.1 Å². The summed E-state index contributed by atoms with van der Waals surface area (Å²) in [7, 11) is 0. The SMILES string of the molecule is CC(C)(C)OC(=O)N1CCC[C@H](Nc2ncnc3c(C(N)=O)cc(-c4cnn(CC(F)F)c4)nc23)C1. The number of aromatic nitrogens is 5. The van der Waals surface area contributed by atoms with Crippen molar-refractivity contribution in [3.63, 3.8) is 0 Å². The van der Waals surface area contributed by atoms with E-state index in [9.17, 15) is 18.4 Å². The molecule has 0 radical (unpaired) electrons. The quantitative estimate of drug-likeness (QED) is 0.524. The first-order valence-corrected chi connectivity index (χ1v) is 11.5. The number of pyridine rings is 1. The van der Waals surface area contributed by atoms with Crippen LogP contribution in [0.2, 0.25) is 0 Å². The Hall–Kier alpha value is -3.90. The molecule has 13 heteroatoms. The zero-order valence-corrected chi connectivity index (χ0v) is 20.2. The zero-order chi connectivity index (χ0) is 26.0. The van der Waals surface area contributed by atoms with Crippen molar-refractivity contribution in [1.82, 2.24) is 29.6 Å². The topological polar surface area (TPSA) is 141 Å². The number of hydrogen-bond donors (Lipinski definition) is 2. The van der Waals surface area contributed by atoms with Gasteiger partial charge in [0.2, 0.25) is 0 Å². The number of hydrogen-bond acceptors (Lipinski definition) is 8. The summed E-state index contributed by atoms with van der Waals surface area (Å²) in [5.41, 5.74) is 6.41. The fraction of sp³-hybridized carbons (Fsp3) is 0.478. The molecular formula is C23H28F2N8O3. The van der Waals surface area contributed by atoms with E-state index in [0.29, 0.717) is 35.7 Å². The van der Waals surface area contributed by atoms with Gasteiger partial charge >= 0.3 is 6.09 Å². The van der Waals surface area contributed by atoms with E-state index in [1.165, 1.54) is 24.8 Å². The predicted molar refractivity (Wildman–Crippen MR) is 128 cm³/mol. The van der Waals surface area contributed by atoms with Gasteiger partial charge < -0.3 is 20.7 Å². The van der Waals surface area contributed by atoms with Crippen molar-refractivity contribution in [3.05, 3.63) is 30.4 Å². The molecule has 0 unspecified atom stereocenters. The number of nitrogens with zero attached hydrogens (tertiary/aromatic N) is 6. The van der Waals surface area contributed by atoms with Crippen molar-refractivity contribution in [1.29, 1.82) is 0 Å². The number of likely N-dealkylation sites (tertiary alicyclic amines) is 1. The number of alkyl halides is 2. The third-order valence-electron chi connectivity index (χ3n) is 5.52. The fourth-order valence-electron chi connectivity index (χ4n) is 4.00. The largest absolute Gasteiger partial charge is 0.444 e. The van der Waals surface area contributed by atoms with E-state index in [-0.39, 0.29) is 17.1 Å². The number of carbonyl (C=O) groups is 2. The molecule has 1 atom stereocenters. The van der Waals surface area contributed by atoms with E-state index >= 15 is 0 Å². The summed E-state index contributed by atoms with van der Waals surface area (Å²) in [6, 6.07) is 1.30. The van der Waals surface area contributed by atoms with Crippen LogP contribution in [0, 0.1) is 0 Å². The molecule has 11 nitrogen and oxygen atoms in total. The Bertz CT molecular complexity index is 1270. The van der Waals surface area contributed by atoms with Gasteiger partial charge in [-0.15, -0.1) is 0 Å². The fourth-order valence-corrected chi connectivity index (χ4v) is 4.00. The maximum Gasteiger partial charge on any atom is 0.410 e. The number of ether oxygens (including phenoxy) is 1. The van der Waals surface area contributed by atoms with Crippen LogP contribution in [0.5, 0.6) is 0 Å². The highest BCUT2D eigenvalue weighted by Gasteiger charge is 2.28. The van der Waals surface area contributed by atoms with Gasteiger partial charge in [-0.3, -0.25) is 9.48 Å². The molecule has 1 saturated heterocycles. The molecular weight excluding hydrogens is 474 g/mol. The smallest absolute Gasteiger partial charge is 0.410 e. The Kier molecular flexibility index (Phi) is 7.00. The van der Waals surface area contributed by atoms with Gasteiger partial charge in [0, 0.05) is 30.9 Å². The van der Waals surface area contributed by atoms with Gasteiger partial charge in [0.1, 0.15) is 29.5 Å². The Morgan fingerprint density at radius 3 is 2.75 bits per heavy atom. The molecule has 3 N–H and O–H groups in total. The van der Waals surface area contributed by atoms with Crippen LogP contribution in [0.1, 0.15) is 44.0 Å². The van der Waals surface area contributed by atoms with Gasteiger partial charge in [-0.25, -0.2) is 28.5 Å². The highest BCUT2D eigenvalue weighted by Crippen LogP contribution is 2.28. The number of nitrogens with one attached hydrogen (secondary N) is 1. The standard InChI is InChI=1S/C23H28F2N8O3/c1-23(2,3)36-22(35)32-6-4-5-14(10-32)30-21-19-18(27-12-28-21)15(20(26)34)7-16(31-19)13-8-29-33(9-13)11-17(24)25/h7-9,12,14,17H,4-6,10-11H2,1-3H3,(H2,26,34)(H,27,28,30)/t14-/m0/s1. The van der Waals surface area contributed by atoms with E-state index < -0.39 is 30.6 Å². The third kappa shape index (κ3) is 5.83. The van der Waals surface area contributed by atoms with Crippen molar-refractivity contribution in [3.8, 4) is 11.3 Å². The van der Waals surface area contributed by atoms with Crippen molar-refractivity contribution in [2.24, 2.45) is 5.73 Å². The predicted octanol–water partition coefficient (Wildman–Crippen LogP) is 3.06. The molecule has 2 amide bonds. The highest BCUT2D eigenvalue weighted by molar-refractivity contribution is 6.06. The molecule has 4 rings (SSSR count). The average Bonchev–Trinajstić information content (AvgIpc) is 3.25. The van der Waals surface area contributed by atoms with Gasteiger partial charge in [-0.1, -0.05) is 0 Å². The molecule has 0 aliphatic carbocycles. The van der Waals surface area contributed by atoms with E-state index in [2.05, 4.69) is 25.4 Å². The number of rotatable bonds is 6. The molecule has 0 saturated carbocycles. The summed E-state index contributed by atoms with van der Waals surface area (Å²) in [6.45, 7) is 5.84. The number of nitrogens with two attached hydrogens (primary N) is 1. The molecule has 3 aromatic heterocycles. The molecule has 4 heterocycles. The molecule has 36 heavy (non-hydrogen) atoms. The Balaban J connectivity index is 1.65. The summed E-state index contributed by atoms with van der Waals surface area (Å²) >= 11 is 0. The second-order valence-electron chi connectivity index (χ2n) is 9.59. The van der Waals surface area contributed by atoms with Crippen LogP contribution in [-0.2, 0) is 11.3 Å². The summed E-state index contributed by atoms with van der Waals surface area (Å²) in [6.07, 6.45) is 2.68. The Morgan fingerprint density at radius 2 is 2.06 bits per heavy atom. The van der Waals surface area contributed by atoms with Crippen LogP contribution in [0.25, 0.3) is 22.3 Å². The van der Waals surface area contributed by atoms with Crippen molar-refractivity contribution >= 4 is 28.9 Å². The summed E-state index contributed by atoms with van der Waals surface area (Å²) < 4.78 is 32.1. The number of fused-ring (bicyclic) bond motifs is 1. The van der Waals surface area contributed by atoms with Crippen LogP contribution in [0.4, 0.5) is 19.4 Å². The first kappa shape index (κ1) is 25.2. The molecule has 0 spiro atoms. The summed E-state index contributed by atoms with van der Waals surface area (Å²) in [5.74, 6) is -0.359. The maximum atomic E-state index is 12.7.